The van der Waals surface area contributed by atoms with Crippen LogP contribution >= 0.6 is 11.3 Å². The van der Waals surface area contributed by atoms with E-state index in [2.05, 4.69) is 14.5 Å². The number of thiazole rings is 1. The Morgan fingerprint density at radius 1 is 1.24 bits per heavy atom. The average molecular weight is 378 g/mol. The van der Waals surface area contributed by atoms with E-state index >= 15 is 0 Å². The standard InChI is InChI=1S/C14H10F4N2O4S/c1-7(22)19-12-20(5-9(6-21)25-12)8-2-3-10-11(4-8)24-14(17,18)13(15,16)23-10/h2-5,21H,6H2,1H3. The first kappa shape index (κ1) is 17.4. The van der Waals surface area contributed by atoms with Crippen LogP contribution in [0.4, 0.5) is 17.6 Å². The van der Waals surface area contributed by atoms with E-state index in [0.29, 0.717) is 4.88 Å². The van der Waals surface area contributed by atoms with Crippen molar-refractivity contribution in [3.8, 4) is 17.2 Å². The van der Waals surface area contributed by atoms with Gasteiger partial charge in [0, 0.05) is 19.2 Å². The third-order valence-corrected chi connectivity index (χ3v) is 4.10. The molecule has 0 aliphatic carbocycles. The number of aromatic nitrogens is 1. The number of rotatable bonds is 2. The summed E-state index contributed by atoms with van der Waals surface area (Å²) in [5, 5.41) is 9.22. The maximum Gasteiger partial charge on any atom is 0.507 e. The number of hydrogen-bond acceptors (Lipinski definition) is 5. The Balaban J connectivity index is 2.11. The molecule has 0 atom stereocenters. The summed E-state index contributed by atoms with van der Waals surface area (Å²) < 4.78 is 62.4. The number of aliphatic hydroxyl groups excluding tert-OH is 1. The van der Waals surface area contributed by atoms with Gasteiger partial charge < -0.3 is 14.6 Å². The van der Waals surface area contributed by atoms with Crippen LogP contribution in [-0.2, 0) is 11.4 Å². The summed E-state index contributed by atoms with van der Waals surface area (Å²) in [5.41, 5.74) is 0.208. The van der Waals surface area contributed by atoms with Gasteiger partial charge in [-0.1, -0.05) is 11.3 Å². The summed E-state index contributed by atoms with van der Waals surface area (Å²) in [6, 6.07) is 3.38. The number of alkyl halides is 4. The fraction of sp³-hybridized carbons (Fsp3) is 0.286. The summed E-state index contributed by atoms with van der Waals surface area (Å²) >= 11 is 1.00. The molecule has 134 valence electrons. The Bertz CT molecular complexity index is 906. The summed E-state index contributed by atoms with van der Waals surface area (Å²) in [7, 11) is 0. The van der Waals surface area contributed by atoms with Crippen LogP contribution in [0.15, 0.2) is 29.4 Å². The van der Waals surface area contributed by atoms with Gasteiger partial charge >= 0.3 is 12.2 Å². The van der Waals surface area contributed by atoms with E-state index in [1.807, 2.05) is 0 Å². The van der Waals surface area contributed by atoms with Crippen molar-refractivity contribution in [1.29, 1.82) is 0 Å². The van der Waals surface area contributed by atoms with Crippen molar-refractivity contribution < 1.29 is 36.9 Å². The minimum atomic E-state index is -4.83. The number of nitrogens with zero attached hydrogens (tertiary/aromatic N) is 2. The van der Waals surface area contributed by atoms with E-state index in [0.717, 1.165) is 23.5 Å². The van der Waals surface area contributed by atoms with Crippen LogP contribution in [0.2, 0.25) is 0 Å². The molecule has 0 spiro atoms. The lowest BCUT2D eigenvalue weighted by Crippen LogP contribution is -2.52. The van der Waals surface area contributed by atoms with Crippen LogP contribution in [0.3, 0.4) is 0 Å². The molecular formula is C14H10F4N2O4S. The summed E-state index contributed by atoms with van der Waals surface area (Å²) in [4.78, 5) is 15.6. The van der Waals surface area contributed by atoms with Gasteiger partial charge in [-0.3, -0.25) is 9.36 Å². The molecule has 2 heterocycles. The highest BCUT2D eigenvalue weighted by Gasteiger charge is 2.65. The maximum absolute atomic E-state index is 13.3. The number of halogens is 4. The van der Waals surface area contributed by atoms with E-state index in [4.69, 9.17) is 0 Å². The number of amides is 1. The molecule has 1 aliphatic heterocycles. The Morgan fingerprint density at radius 2 is 1.88 bits per heavy atom. The molecule has 0 unspecified atom stereocenters. The Labute approximate surface area is 141 Å². The van der Waals surface area contributed by atoms with E-state index in [9.17, 15) is 27.5 Å². The summed E-state index contributed by atoms with van der Waals surface area (Å²) in [5.74, 6) is -1.65. The maximum atomic E-state index is 13.3. The third-order valence-electron chi connectivity index (χ3n) is 3.13. The molecule has 1 amide bonds. The number of fused-ring (bicyclic) bond motifs is 1. The number of aliphatic hydroxyl groups is 1. The highest BCUT2D eigenvalue weighted by molar-refractivity contribution is 7.09. The molecule has 1 aromatic carbocycles. The van der Waals surface area contributed by atoms with E-state index in [1.54, 1.807) is 0 Å². The Kier molecular flexibility index (Phi) is 4.07. The molecule has 3 rings (SSSR count). The van der Waals surface area contributed by atoms with Gasteiger partial charge in [0.25, 0.3) is 0 Å². The third kappa shape index (κ3) is 3.12. The fourth-order valence-corrected chi connectivity index (χ4v) is 2.95. The normalized spacial score (nSPS) is 18.2. The van der Waals surface area contributed by atoms with Crippen LogP contribution in [-0.4, -0.2) is 27.8 Å². The predicted molar refractivity (Wildman–Crippen MR) is 77.0 cm³/mol. The highest BCUT2D eigenvalue weighted by Crippen LogP contribution is 2.47. The van der Waals surface area contributed by atoms with Crippen molar-refractivity contribution in [2.75, 3.05) is 0 Å². The molecule has 0 fully saturated rings. The lowest BCUT2D eigenvalue weighted by atomic mass is 10.2. The van der Waals surface area contributed by atoms with Gasteiger partial charge in [0.1, 0.15) is 0 Å². The van der Waals surface area contributed by atoms with Gasteiger partial charge in [-0.05, 0) is 12.1 Å². The zero-order chi connectivity index (χ0) is 18.4. The molecular weight excluding hydrogens is 368 g/mol. The molecule has 11 heteroatoms. The van der Waals surface area contributed by atoms with E-state index < -0.39 is 29.6 Å². The molecule has 0 bridgehead atoms. The van der Waals surface area contributed by atoms with Gasteiger partial charge in [0.2, 0.25) is 5.91 Å². The second kappa shape index (κ2) is 5.85. The van der Waals surface area contributed by atoms with Crippen molar-refractivity contribution in [2.45, 2.75) is 25.7 Å². The molecule has 1 N–H and O–H groups in total. The second-order valence-electron chi connectivity index (χ2n) is 5.01. The Morgan fingerprint density at radius 3 is 2.48 bits per heavy atom. The van der Waals surface area contributed by atoms with Gasteiger partial charge in [0.15, 0.2) is 16.3 Å². The Hall–Kier alpha value is -2.40. The van der Waals surface area contributed by atoms with Crippen molar-refractivity contribution in [3.05, 3.63) is 34.1 Å². The molecule has 25 heavy (non-hydrogen) atoms. The summed E-state index contributed by atoms with van der Waals surface area (Å²) in [6.45, 7) is 0.891. The minimum absolute atomic E-state index is 0.172. The average Bonchev–Trinajstić information content (AvgIpc) is 2.89. The number of ether oxygens (including phenoxy) is 2. The van der Waals surface area contributed by atoms with E-state index in [1.165, 1.54) is 23.8 Å². The van der Waals surface area contributed by atoms with Crippen LogP contribution in [0.5, 0.6) is 11.5 Å². The SMILES string of the molecule is CC(=O)N=c1sc(CO)cn1-c1ccc2c(c1)OC(F)(F)C(F)(F)O2. The molecule has 0 saturated carbocycles. The van der Waals surface area contributed by atoms with Crippen molar-refractivity contribution >= 4 is 17.2 Å². The number of benzene rings is 1. The molecule has 6 nitrogen and oxygen atoms in total. The van der Waals surface area contributed by atoms with E-state index in [-0.39, 0.29) is 17.1 Å². The smallest absolute Gasteiger partial charge is 0.421 e. The van der Waals surface area contributed by atoms with Crippen LogP contribution in [0.25, 0.3) is 5.69 Å². The zero-order valence-electron chi connectivity index (χ0n) is 12.5. The first-order valence-electron chi connectivity index (χ1n) is 6.78. The van der Waals surface area contributed by atoms with Crippen LogP contribution in [0.1, 0.15) is 11.8 Å². The molecule has 1 aromatic heterocycles. The van der Waals surface area contributed by atoms with Crippen molar-refractivity contribution in [2.24, 2.45) is 4.99 Å². The van der Waals surface area contributed by atoms with Gasteiger partial charge in [-0.15, -0.1) is 0 Å². The topological polar surface area (TPSA) is 73.0 Å². The van der Waals surface area contributed by atoms with Crippen LogP contribution in [0, 0.1) is 0 Å². The van der Waals surface area contributed by atoms with Crippen LogP contribution < -0.4 is 14.3 Å². The summed E-state index contributed by atoms with van der Waals surface area (Å²) in [6.07, 6.45) is -8.19. The first-order valence-corrected chi connectivity index (χ1v) is 7.60. The van der Waals surface area contributed by atoms with Gasteiger partial charge in [-0.2, -0.15) is 22.6 Å². The van der Waals surface area contributed by atoms with Crippen molar-refractivity contribution in [3.63, 3.8) is 0 Å². The largest absolute Gasteiger partial charge is 0.507 e. The van der Waals surface area contributed by atoms with Crippen molar-refractivity contribution in [1.82, 2.24) is 4.57 Å². The van der Waals surface area contributed by atoms with Gasteiger partial charge in [0.05, 0.1) is 17.2 Å². The number of carbonyl (C=O) groups is 1. The monoisotopic (exact) mass is 378 g/mol. The lowest BCUT2D eigenvalue weighted by molar-refractivity contribution is -0.391. The zero-order valence-corrected chi connectivity index (χ0v) is 13.3. The molecule has 0 radical (unpaired) electrons. The molecule has 2 aromatic rings. The predicted octanol–water partition coefficient (Wildman–Crippen LogP) is 2.44. The van der Waals surface area contributed by atoms with Gasteiger partial charge in [-0.25, -0.2) is 0 Å². The molecule has 1 aliphatic rings. The minimum Gasteiger partial charge on any atom is -0.421 e. The first-order chi connectivity index (χ1) is 11.6. The number of carbonyl (C=O) groups excluding carboxylic acids is 1. The highest BCUT2D eigenvalue weighted by atomic mass is 32.1. The molecule has 0 saturated heterocycles. The number of hydrogen-bond donors (Lipinski definition) is 1. The fourth-order valence-electron chi connectivity index (χ4n) is 2.07. The lowest BCUT2D eigenvalue weighted by Gasteiger charge is -2.31. The quantitative estimate of drug-likeness (QED) is 0.815. The second-order valence-corrected chi connectivity index (χ2v) is 6.10.